The Labute approximate surface area is 168 Å². The predicted octanol–water partition coefficient (Wildman–Crippen LogP) is 1.15. The van der Waals surface area contributed by atoms with Gasteiger partial charge in [-0.2, -0.15) is 5.10 Å². The number of unbranched alkanes of at least 4 members (excludes halogenated alkanes) is 3. The minimum Gasteiger partial charge on any atom is -0.508 e. The largest absolute Gasteiger partial charge is 0.508 e. The first kappa shape index (κ1) is 20.4. The highest BCUT2D eigenvalue weighted by atomic mass is 16.3. The van der Waals surface area contributed by atoms with Gasteiger partial charge in [0.1, 0.15) is 11.5 Å². The fourth-order valence-electron chi connectivity index (χ4n) is 3.37. The summed E-state index contributed by atoms with van der Waals surface area (Å²) in [6, 6.07) is 3.08. The van der Waals surface area contributed by atoms with Crippen LogP contribution in [0.25, 0.3) is 0 Å². The molecule has 3 amide bonds. The van der Waals surface area contributed by atoms with Gasteiger partial charge in [0.15, 0.2) is 12.2 Å². The van der Waals surface area contributed by atoms with Crippen molar-refractivity contribution in [3.05, 3.63) is 23.8 Å². The van der Waals surface area contributed by atoms with Crippen LogP contribution in [0.1, 0.15) is 38.2 Å². The number of aliphatic imine (C=N–C) groups is 1. The molecule has 29 heavy (non-hydrogen) atoms. The minimum absolute atomic E-state index is 0.0474. The average Bonchev–Trinajstić information content (AvgIpc) is 3.04. The van der Waals surface area contributed by atoms with Crippen LogP contribution in [0.15, 0.2) is 28.3 Å². The molecule has 1 aromatic carbocycles. The molecular weight excluding hydrogens is 376 g/mol. The molecule has 2 atom stereocenters. The number of imide groups is 1. The van der Waals surface area contributed by atoms with Crippen LogP contribution in [0.3, 0.4) is 0 Å². The van der Waals surface area contributed by atoms with Crippen LogP contribution < -0.4 is 10.7 Å². The molecule has 1 saturated heterocycles. The molecule has 0 bridgehead atoms. The third-order valence-corrected chi connectivity index (χ3v) is 5.00. The molecule has 0 saturated carbocycles. The van der Waals surface area contributed by atoms with Crippen LogP contribution in [0.4, 0.5) is 4.79 Å². The number of carbonyl (C=O) groups is 2. The summed E-state index contributed by atoms with van der Waals surface area (Å²) < 4.78 is 0. The molecule has 10 nitrogen and oxygen atoms in total. The number of likely N-dealkylation sites (N-methyl/N-ethyl adjacent to an activating group) is 1. The number of hydrogen-bond acceptors (Lipinski definition) is 8. The average molecular weight is 402 g/mol. The summed E-state index contributed by atoms with van der Waals surface area (Å²) in [4.78, 5) is 32.1. The van der Waals surface area contributed by atoms with Crippen molar-refractivity contribution < 1.29 is 19.8 Å². The fourth-order valence-corrected chi connectivity index (χ4v) is 3.37. The Morgan fingerprint density at radius 2 is 2.07 bits per heavy atom. The Bertz CT molecular complexity index is 840. The van der Waals surface area contributed by atoms with Gasteiger partial charge in [0.2, 0.25) is 5.96 Å². The Kier molecular flexibility index (Phi) is 6.20. The molecular formula is C19H26N6O4. The zero-order valence-electron chi connectivity index (χ0n) is 16.5. The van der Waals surface area contributed by atoms with E-state index >= 15 is 0 Å². The third kappa shape index (κ3) is 4.41. The summed E-state index contributed by atoms with van der Waals surface area (Å²) in [5, 5.41) is 25.7. The number of phenols is 2. The molecule has 3 rings (SSSR count). The zero-order chi connectivity index (χ0) is 21.0. The normalized spacial score (nSPS) is 21.4. The molecule has 2 unspecified atom stereocenters. The lowest BCUT2D eigenvalue weighted by atomic mass is 10.1. The van der Waals surface area contributed by atoms with Crippen molar-refractivity contribution in [2.24, 2.45) is 10.1 Å². The van der Waals surface area contributed by atoms with Gasteiger partial charge in [-0.25, -0.2) is 15.2 Å². The fraction of sp³-hybridized carbons (Fsp3) is 0.474. The van der Waals surface area contributed by atoms with Crippen LogP contribution in [-0.4, -0.2) is 69.9 Å². The lowest BCUT2D eigenvalue weighted by molar-refractivity contribution is -0.127. The van der Waals surface area contributed by atoms with E-state index in [4.69, 9.17) is 0 Å². The van der Waals surface area contributed by atoms with Crippen LogP contribution in [0.5, 0.6) is 11.5 Å². The molecule has 2 aliphatic rings. The number of fused-ring (bicyclic) bond motifs is 1. The first-order valence-electron chi connectivity index (χ1n) is 9.65. The Hall–Kier alpha value is -3.30. The Morgan fingerprint density at radius 3 is 2.79 bits per heavy atom. The first-order chi connectivity index (χ1) is 13.9. The third-order valence-electron chi connectivity index (χ3n) is 5.00. The molecule has 2 aliphatic heterocycles. The predicted molar refractivity (Wildman–Crippen MR) is 108 cm³/mol. The summed E-state index contributed by atoms with van der Waals surface area (Å²) >= 11 is 0. The van der Waals surface area contributed by atoms with Gasteiger partial charge < -0.3 is 20.0 Å². The number of amides is 3. The van der Waals surface area contributed by atoms with Gasteiger partial charge in [-0.05, 0) is 18.6 Å². The van der Waals surface area contributed by atoms with Crippen molar-refractivity contribution in [3.63, 3.8) is 0 Å². The first-order valence-corrected chi connectivity index (χ1v) is 9.65. The van der Waals surface area contributed by atoms with Gasteiger partial charge >= 0.3 is 6.03 Å². The maximum atomic E-state index is 12.5. The van der Waals surface area contributed by atoms with Gasteiger partial charge in [0.25, 0.3) is 5.91 Å². The maximum absolute atomic E-state index is 12.5. The van der Waals surface area contributed by atoms with E-state index in [1.54, 1.807) is 7.05 Å². The highest BCUT2D eigenvalue weighted by Gasteiger charge is 2.48. The number of rotatable bonds is 7. The standard InChI is InChI=1S/C19H26N6O4/c1-3-4-5-6-9-25-15-16(24(2)19(29)22-17(15)28)21-18(25)23-20-11-12-7-8-13(26)10-14(12)27/h7-8,10-11,15-16,26-27H,3-6,9H2,1-2H3,(H,21,23)(H,22,28,29)/b20-11+. The van der Waals surface area contributed by atoms with Crippen molar-refractivity contribution in [3.8, 4) is 11.5 Å². The van der Waals surface area contributed by atoms with E-state index in [1.807, 2.05) is 4.90 Å². The van der Waals surface area contributed by atoms with E-state index in [0.29, 0.717) is 18.1 Å². The SMILES string of the molecule is CCCCCCN1C(N/N=C/c2ccc(O)cc2O)=NC2C1C(=O)NC(=O)N2C. The van der Waals surface area contributed by atoms with Gasteiger partial charge in [-0.15, -0.1) is 0 Å². The van der Waals surface area contributed by atoms with Crippen molar-refractivity contribution >= 4 is 24.1 Å². The zero-order valence-corrected chi connectivity index (χ0v) is 16.5. The maximum Gasteiger partial charge on any atom is 0.325 e. The summed E-state index contributed by atoms with van der Waals surface area (Å²) in [5.41, 5.74) is 3.24. The number of nitrogens with one attached hydrogen (secondary N) is 2. The second kappa shape index (κ2) is 8.80. The van der Waals surface area contributed by atoms with Crippen molar-refractivity contribution in [1.82, 2.24) is 20.5 Å². The number of benzene rings is 1. The molecule has 10 heteroatoms. The number of hydrogen-bond donors (Lipinski definition) is 4. The molecule has 0 aliphatic carbocycles. The Morgan fingerprint density at radius 1 is 1.28 bits per heavy atom. The van der Waals surface area contributed by atoms with Crippen molar-refractivity contribution in [2.75, 3.05) is 13.6 Å². The Balaban J connectivity index is 1.76. The monoisotopic (exact) mass is 402 g/mol. The summed E-state index contributed by atoms with van der Waals surface area (Å²) in [5.74, 6) is -0.149. The van der Waals surface area contributed by atoms with Crippen LogP contribution in [0, 0.1) is 0 Å². The van der Waals surface area contributed by atoms with Crippen molar-refractivity contribution in [1.29, 1.82) is 0 Å². The van der Waals surface area contributed by atoms with Crippen LogP contribution in [0.2, 0.25) is 0 Å². The van der Waals surface area contributed by atoms with E-state index in [0.717, 1.165) is 25.7 Å². The van der Waals surface area contributed by atoms with E-state index in [1.165, 1.54) is 29.3 Å². The molecule has 0 spiro atoms. The topological polar surface area (TPSA) is 130 Å². The van der Waals surface area contributed by atoms with Crippen LogP contribution in [-0.2, 0) is 4.79 Å². The van der Waals surface area contributed by atoms with Gasteiger partial charge in [0, 0.05) is 25.2 Å². The lowest BCUT2D eigenvalue weighted by Crippen LogP contribution is -2.64. The number of hydrazone groups is 1. The second-order valence-electron chi connectivity index (χ2n) is 7.08. The minimum atomic E-state index is -0.623. The number of aromatic hydroxyl groups is 2. The van der Waals surface area contributed by atoms with E-state index in [-0.39, 0.29) is 17.4 Å². The number of nitrogens with zero attached hydrogens (tertiary/aromatic N) is 4. The lowest BCUT2D eigenvalue weighted by Gasteiger charge is -2.36. The molecule has 0 radical (unpaired) electrons. The summed E-state index contributed by atoms with van der Waals surface area (Å²) in [6.45, 7) is 2.73. The van der Waals surface area contributed by atoms with Gasteiger partial charge in [-0.1, -0.05) is 26.2 Å². The van der Waals surface area contributed by atoms with E-state index < -0.39 is 18.2 Å². The van der Waals surface area contributed by atoms with Crippen molar-refractivity contribution in [2.45, 2.75) is 44.8 Å². The van der Waals surface area contributed by atoms with E-state index in [9.17, 15) is 19.8 Å². The van der Waals surface area contributed by atoms with Gasteiger partial charge in [-0.3, -0.25) is 10.1 Å². The highest BCUT2D eigenvalue weighted by Crippen LogP contribution is 2.24. The number of urea groups is 1. The van der Waals surface area contributed by atoms with E-state index in [2.05, 4.69) is 27.8 Å². The number of carbonyl (C=O) groups excluding carboxylic acids is 2. The number of phenolic OH excluding ortho intramolecular Hbond substituents is 2. The van der Waals surface area contributed by atoms with Gasteiger partial charge in [0.05, 0.1) is 6.21 Å². The molecule has 2 heterocycles. The molecule has 156 valence electrons. The molecule has 1 fully saturated rings. The highest BCUT2D eigenvalue weighted by molar-refractivity contribution is 6.03. The summed E-state index contributed by atoms with van der Waals surface area (Å²) in [7, 11) is 1.60. The number of guanidine groups is 1. The quantitative estimate of drug-likeness (QED) is 0.308. The summed E-state index contributed by atoms with van der Waals surface area (Å²) in [6.07, 6.45) is 4.88. The molecule has 0 aromatic heterocycles. The molecule has 1 aromatic rings. The molecule has 4 N–H and O–H groups in total. The second-order valence-corrected chi connectivity index (χ2v) is 7.08. The van der Waals surface area contributed by atoms with Crippen LogP contribution >= 0.6 is 0 Å². The smallest absolute Gasteiger partial charge is 0.325 e.